The number of carbonyl (C=O) groups is 1. The van der Waals surface area contributed by atoms with Gasteiger partial charge in [0.15, 0.2) is 5.82 Å². The largest absolute Gasteiger partial charge is 0.439 e. The van der Waals surface area contributed by atoms with E-state index in [1.54, 1.807) is 16.9 Å². The van der Waals surface area contributed by atoms with Gasteiger partial charge in [-0.3, -0.25) is 14.3 Å². The molecule has 4 N–H and O–H groups in total. The van der Waals surface area contributed by atoms with Crippen LogP contribution in [0.2, 0.25) is 0 Å². The minimum atomic E-state index is -0.342. The third-order valence-corrected chi connectivity index (χ3v) is 6.22. The highest BCUT2D eigenvalue weighted by Gasteiger charge is 2.28. The molecule has 0 unspecified atom stereocenters. The normalized spacial score (nSPS) is 17.7. The number of nitrogen functional groups attached to an aromatic ring is 1. The summed E-state index contributed by atoms with van der Waals surface area (Å²) in [7, 11) is 0. The smallest absolute Gasteiger partial charge is 0.290 e. The summed E-state index contributed by atoms with van der Waals surface area (Å²) in [5.41, 5.74) is 7.64. The lowest BCUT2D eigenvalue weighted by Gasteiger charge is -2.29. The number of nitrogens with two attached hydrogens (primary N) is 1. The van der Waals surface area contributed by atoms with Crippen LogP contribution in [-0.2, 0) is 4.79 Å². The molecular weight excluding hydrogens is 446 g/mol. The van der Waals surface area contributed by atoms with Crippen LogP contribution in [0.1, 0.15) is 31.7 Å². The summed E-state index contributed by atoms with van der Waals surface area (Å²) in [6.07, 6.45) is 6.02. The van der Waals surface area contributed by atoms with Gasteiger partial charge in [-0.1, -0.05) is 12.6 Å². The zero-order valence-electron chi connectivity index (χ0n) is 19.0. The first-order valence-corrected chi connectivity index (χ1v) is 11.4. The Kier molecular flexibility index (Phi) is 6.01. The molecule has 4 aromatic rings. The van der Waals surface area contributed by atoms with Crippen LogP contribution in [0.3, 0.4) is 0 Å². The lowest BCUT2D eigenvalue weighted by atomic mass is 9.91. The molecule has 0 radical (unpaired) electrons. The van der Waals surface area contributed by atoms with Gasteiger partial charge in [0.25, 0.3) is 5.56 Å². The predicted octanol–water partition coefficient (Wildman–Crippen LogP) is 3.34. The quantitative estimate of drug-likeness (QED) is 0.366. The highest BCUT2D eigenvalue weighted by atomic mass is 16.5. The van der Waals surface area contributed by atoms with Crippen molar-refractivity contribution >= 4 is 22.6 Å². The molecule has 1 aliphatic carbocycles. The fourth-order valence-electron chi connectivity index (χ4n) is 4.51. The number of hydrogen-bond donors (Lipinski definition) is 3. The Labute approximate surface area is 200 Å². The van der Waals surface area contributed by atoms with Crippen molar-refractivity contribution in [1.29, 1.82) is 0 Å². The Morgan fingerprint density at radius 1 is 1.17 bits per heavy atom. The number of aromatic nitrogens is 5. The molecule has 1 amide bonds. The van der Waals surface area contributed by atoms with Crippen molar-refractivity contribution in [2.24, 2.45) is 0 Å². The van der Waals surface area contributed by atoms with Crippen molar-refractivity contribution in [2.45, 2.75) is 37.8 Å². The summed E-state index contributed by atoms with van der Waals surface area (Å²) < 4.78 is 7.55. The topological polar surface area (TPSA) is 141 Å². The molecule has 1 aliphatic rings. The molecule has 0 spiro atoms. The van der Waals surface area contributed by atoms with Crippen molar-refractivity contribution in [3.05, 3.63) is 71.7 Å². The van der Waals surface area contributed by atoms with Crippen molar-refractivity contribution in [3.63, 3.8) is 0 Å². The minimum Gasteiger partial charge on any atom is -0.439 e. The maximum atomic E-state index is 12.8. The third-order valence-electron chi connectivity index (χ3n) is 6.22. The van der Waals surface area contributed by atoms with Crippen molar-refractivity contribution in [2.75, 3.05) is 5.73 Å². The second kappa shape index (κ2) is 9.41. The van der Waals surface area contributed by atoms with E-state index in [1.165, 1.54) is 6.08 Å². The van der Waals surface area contributed by atoms with Gasteiger partial charge in [-0.2, -0.15) is 10.2 Å². The number of anilines is 1. The van der Waals surface area contributed by atoms with E-state index in [-0.39, 0.29) is 29.4 Å². The van der Waals surface area contributed by atoms with E-state index < -0.39 is 0 Å². The number of pyridine rings is 1. The number of rotatable bonds is 6. The van der Waals surface area contributed by atoms with Crippen LogP contribution in [0.5, 0.6) is 11.6 Å². The zero-order valence-corrected chi connectivity index (χ0v) is 19.0. The molecule has 10 heteroatoms. The van der Waals surface area contributed by atoms with Crippen LogP contribution in [0.15, 0.2) is 66.1 Å². The molecule has 3 heterocycles. The number of aromatic amines is 1. The fraction of sp³-hybridized carbons (Fsp3) is 0.240. The number of benzene rings is 1. The third kappa shape index (κ3) is 4.50. The first-order valence-electron chi connectivity index (χ1n) is 11.4. The predicted molar refractivity (Wildman–Crippen MR) is 132 cm³/mol. The number of fused-ring (bicyclic) bond motifs is 1. The van der Waals surface area contributed by atoms with Gasteiger partial charge in [0.05, 0.1) is 11.4 Å². The molecule has 178 valence electrons. The molecular formula is C25H25N7O3. The van der Waals surface area contributed by atoms with Crippen LogP contribution >= 0.6 is 0 Å². The molecule has 1 aromatic carbocycles. The van der Waals surface area contributed by atoms with E-state index in [4.69, 9.17) is 15.6 Å². The minimum absolute atomic E-state index is 0.00204. The summed E-state index contributed by atoms with van der Waals surface area (Å²) in [6, 6.07) is 12.9. The van der Waals surface area contributed by atoms with Gasteiger partial charge in [0.1, 0.15) is 17.0 Å². The van der Waals surface area contributed by atoms with Crippen LogP contribution in [0.4, 0.5) is 5.82 Å². The Hall–Kier alpha value is -4.47. The second-order valence-corrected chi connectivity index (χ2v) is 8.47. The molecule has 0 atom stereocenters. The number of nitrogens with one attached hydrogen (secondary N) is 2. The number of amides is 1. The molecule has 0 aliphatic heterocycles. The highest BCUT2D eigenvalue weighted by Crippen LogP contribution is 2.36. The number of H-pyrrole nitrogens is 1. The van der Waals surface area contributed by atoms with Gasteiger partial charge in [-0.05, 0) is 62.1 Å². The van der Waals surface area contributed by atoms with E-state index >= 15 is 0 Å². The fourth-order valence-corrected chi connectivity index (χ4v) is 4.51. The lowest BCUT2D eigenvalue weighted by Crippen LogP contribution is -2.37. The molecule has 3 aromatic heterocycles. The summed E-state index contributed by atoms with van der Waals surface area (Å²) in [4.78, 5) is 28.6. The Morgan fingerprint density at radius 3 is 2.63 bits per heavy atom. The Morgan fingerprint density at radius 2 is 1.94 bits per heavy atom. The lowest BCUT2D eigenvalue weighted by molar-refractivity contribution is -0.117. The standard InChI is InChI=1S/C25H25N7O3/c1-2-19(33)28-16-8-10-17(11-9-16)32-23-21(24(26)29-30-25(23)34)22(31-32)15-6-12-18(13-7-15)35-20-5-3-4-14-27-20/h2-7,12-14,16-17H,1,8-11H2,(H2,26,29)(H,28,33)(H,30,34)/t16-,17+. The molecule has 0 saturated heterocycles. The molecule has 10 nitrogen and oxygen atoms in total. The van der Waals surface area contributed by atoms with Gasteiger partial charge in [-0.25, -0.2) is 10.1 Å². The molecule has 0 bridgehead atoms. The van der Waals surface area contributed by atoms with Crippen LogP contribution in [-0.4, -0.2) is 36.9 Å². The average molecular weight is 472 g/mol. The second-order valence-electron chi connectivity index (χ2n) is 8.47. The number of nitrogens with zero attached hydrogens (tertiary/aromatic N) is 4. The van der Waals surface area contributed by atoms with Gasteiger partial charge < -0.3 is 15.8 Å². The first-order chi connectivity index (χ1) is 17.0. The van der Waals surface area contributed by atoms with Gasteiger partial charge >= 0.3 is 0 Å². The van der Waals surface area contributed by atoms with Crippen molar-refractivity contribution < 1.29 is 9.53 Å². The van der Waals surface area contributed by atoms with Gasteiger partial charge in [0, 0.05) is 23.9 Å². The van der Waals surface area contributed by atoms with E-state index in [0.29, 0.717) is 28.2 Å². The molecule has 1 saturated carbocycles. The highest BCUT2D eigenvalue weighted by molar-refractivity contribution is 5.99. The SMILES string of the molecule is C=CC(=O)N[C@H]1CC[C@@H](n2nc(-c3ccc(Oc4ccccn4)cc3)c3c(N)n[nH]c(=O)c32)CC1. The van der Waals surface area contributed by atoms with E-state index in [9.17, 15) is 9.59 Å². The van der Waals surface area contributed by atoms with Crippen molar-refractivity contribution in [1.82, 2.24) is 30.3 Å². The monoisotopic (exact) mass is 471 g/mol. The van der Waals surface area contributed by atoms with Crippen LogP contribution < -0.4 is 21.3 Å². The first kappa shape index (κ1) is 22.3. The summed E-state index contributed by atoms with van der Waals surface area (Å²) in [5, 5.41) is 14.8. The molecule has 5 rings (SSSR count). The van der Waals surface area contributed by atoms with E-state index in [2.05, 4.69) is 27.1 Å². The molecule has 35 heavy (non-hydrogen) atoms. The van der Waals surface area contributed by atoms with E-state index in [0.717, 1.165) is 31.2 Å². The number of carbonyl (C=O) groups excluding carboxylic acids is 1. The zero-order chi connectivity index (χ0) is 24.4. The number of ether oxygens (including phenoxy) is 1. The number of hydrogen-bond acceptors (Lipinski definition) is 7. The van der Waals surface area contributed by atoms with E-state index in [1.807, 2.05) is 36.4 Å². The summed E-state index contributed by atoms with van der Waals surface area (Å²) in [6.45, 7) is 3.51. The van der Waals surface area contributed by atoms with Crippen LogP contribution in [0.25, 0.3) is 22.2 Å². The Balaban J connectivity index is 1.46. The maximum absolute atomic E-state index is 12.8. The maximum Gasteiger partial charge on any atom is 0.290 e. The van der Waals surface area contributed by atoms with Crippen molar-refractivity contribution in [3.8, 4) is 22.9 Å². The van der Waals surface area contributed by atoms with Gasteiger partial charge in [-0.15, -0.1) is 0 Å². The molecule has 1 fully saturated rings. The van der Waals surface area contributed by atoms with Gasteiger partial charge in [0.2, 0.25) is 11.8 Å². The van der Waals surface area contributed by atoms with Crippen LogP contribution in [0, 0.1) is 0 Å². The summed E-state index contributed by atoms with van der Waals surface area (Å²) in [5.74, 6) is 1.16. The summed E-state index contributed by atoms with van der Waals surface area (Å²) >= 11 is 0. The Bertz CT molecular complexity index is 1420. The average Bonchev–Trinajstić information content (AvgIpc) is 3.30.